The topological polar surface area (TPSA) is 93.1 Å². The second-order valence-corrected chi connectivity index (χ2v) is 10.7. The van der Waals surface area contributed by atoms with Crippen molar-refractivity contribution in [1.29, 1.82) is 0 Å². The highest BCUT2D eigenvalue weighted by molar-refractivity contribution is 5.99. The van der Waals surface area contributed by atoms with Gasteiger partial charge in [-0.1, -0.05) is 25.8 Å². The van der Waals surface area contributed by atoms with Crippen LogP contribution in [0, 0.1) is 28.6 Å². The average Bonchev–Trinajstić information content (AvgIpc) is 3.21. The standard InChI is InChI=1S/C25H34O6/c1-4-5-22-30-21-12-18-16-7-6-14-10-15(27)11-19(28)24(14,3)17(16)8-9-23(18,2)25(21,31-22)20(29)13-26/h10-11,16-18,21-22,26-27H,4-9,12-13H2,1-3H3/t16-,17+,18+,21?,22?,23+,24+,25-/m1/s1. The summed E-state index contributed by atoms with van der Waals surface area (Å²) in [6, 6.07) is 0. The summed E-state index contributed by atoms with van der Waals surface area (Å²) in [6.07, 6.45) is 8.09. The molecule has 8 atom stereocenters. The van der Waals surface area contributed by atoms with Gasteiger partial charge in [-0.25, -0.2) is 0 Å². The van der Waals surface area contributed by atoms with E-state index in [-0.39, 0.29) is 41.2 Å². The summed E-state index contributed by atoms with van der Waals surface area (Å²) in [6.45, 7) is 5.72. The van der Waals surface area contributed by atoms with Gasteiger partial charge in [-0.15, -0.1) is 0 Å². The predicted octanol–water partition coefficient (Wildman–Crippen LogP) is 3.63. The van der Waals surface area contributed by atoms with E-state index in [1.54, 1.807) is 6.08 Å². The summed E-state index contributed by atoms with van der Waals surface area (Å²) in [7, 11) is 0. The van der Waals surface area contributed by atoms with E-state index in [2.05, 4.69) is 13.8 Å². The molecule has 0 aromatic rings. The maximum atomic E-state index is 13.2. The van der Waals surface area contributed by atoms with Crippen LogP contribution in [0.25, 0.3) is 0 Å². The molecule has 0 aromatic carbocycles. The van der Waals surface area contributed by atoms with Crippen molar-refractivity contribution in [1.82, 2.24) is 0 Å². The molecule has 1 heterocycles. The molecular weight excluding hydrogens is 396 g/mol. The summed E-state index contributed by atoms with van der Waals surface area (Å²) in [5.41, 5.74) is -1.07. The molecule has 6 nitrogen and oxygen atoms in total. The molecule has 3 saturated carbocycles. The first-order valence-electron chi connectivity index (χ1n) is 11.9. The van der Waals surface area contributed by atoms with Crippen LogP contribution < -0.4 is 0 Å². The van der Waals surface area contributed by atoms with Crippen LogP contribution in [0.4, 0.5) is 0 Å². The fourth-order valence-electron chi connectivity index (χ4n) is 8.10. The zero-order valence-corrected chi connectivity index (χ0v) is 18.7. The summed E-state index contributed by atoms with van der Waals surface area (Å²) in [4.78, 5) is 26.3. The number of ketones is 2. The third-order valence-corrected chi connectivity index (χ3v) is 9.58. The van der Waals surface area contributed by atoms with Crippen LogP contribution in [0.1, 0.15) is 65.7 Å². The number of ether oxygens (including phenoxy) is 2. The summed E-state index contributed by atoms with van der Waals surface area (Å²) in [5.74, 6) is 0.445. The van der Waals surface area contributed by atoms with E-state index in [0.29, 0.717) is 0 Å². The Morgan fingerprint density at radius 3 is 2.71 bits per heavy atom. The largest absolute Gasteiger partial charge is 0.508 e. The van der Waals surface area contributed by atoms with Crippen LogP contribution in [0.5, 0.6) is 0 Å². The number of Topliss-reactive ketones (excluding diaryl/α,β-unsaturated/α-hetero) is 1. The molecular formula is C25H34O6. The van der Waals surface area contributed by atoms with Gasteiger partial charge in [0.1, 0.15) is 12.4 Å². The van der Waals surface area contributed by atoms with Crippen LogP contribution in [-0.2, 0) is 19.1 Å². The second kappa shape index (κ2) is 7.00. The van der Waals surface area contributed by atoms with E-state index in [4.69, 9.17) is 9.47 Å². The van der Waals surface area contributed by atoms with Gasteiger partial charge in [-0.2, -0.15) is 0 Å². The third kappa shape index (κ3) is 2.56. The maximum absolute atomic E-state index is 13.2. The van der Waals surface area contributed by atoms with Gasteiger partial charge in [0.05, 0.1) is 11.5 Å². The van der Waals surface area contributed by atoms with Crippen LogP contribution in [0.15, 0.2) is 23.5 Å². The van der Waals surface area contributed by atoms with E-state index < -0.39 is 29.3 Å². The number of hydrogen-bond donors (Lipinski definition) is 2. The summed E-state index contributed by atoms with van der Waals surface area (Å²) in [5, 5.41) is 19.9. The van der Waals surface area contributed by atoms with Gasteiger partial charge in [-0.05, 0) is 69.3 Å². The molecule has 170 valence electrons. The van der Waals surface area contributed by atoms with Crippen LogP contribution in [-0.4, -0.2) is 46.4 Å². The average molecular weight is 431 g/mol. The van der Waals surface area contributed by atoms with Crippen molar-refractivity contribution in [2.24, 2.45) is 28.6 Å². The van der Waals surface area contributed by atoms with Crippen molar-refractivity contribution in [2.45, 2.75) is 83.7 Å². The predicted molar refractivity (Wildman–Crippen MR) is 113 cm³/mol. The molecule has 0 radical (unpaired) electrons. The van der Waals surface area contributed by atoms with Gasteiger partial charge in [0.2, 0.25) is 0 Å². The van der Waals surface area contributed by atoms with Gasteiger partial charge in [0, 0.05) is 11.5 Å². The first kappa shape index (κ1) is 21.4. The SMILES string of the molecule is CCCC1OC2C[C@H]3[C@@H]4CCC5=CC(O)=CC(=O)[C@]5(C)[C@H]4CC[C@]3(C)[C@]2(C(=O)CO)O1. The van der Waals surface area contributed by atoms with E-state index in [1.165, 1.54) is 6.08 Å². The molecule has 1 saturated heterocycles. The lowest BCUT2D eigenvalue weighted by Crippen LogP contribution is -2.61. The van der Waals surface area contributed by atoms with E-state index >= 15 is 0 Å². The van der Waals surface area contributed by atoms with Crippen LogP contribution >= 0.6 is 0 Å². The Kier molecular flexibility index (Phi) is 4.82. The molecule has 1 aliphatic heterocycles. The van der Waals surface area contributed by atoms with Crippen LogP contribution in [0.3, 0.4) is 0 Å². The normalized spacial score (nSPS) is 48.3. The second-order valence-electron chi connectivity index (χ2n) is 10.7. The first-order valence-corrected chi connectivity index (χ1v) is 11.9. The minimum absolute atomic E-state index is 0.00403. The third-order valence-electron chi connectivity index (χ3n) is 9.58. The van der Waals surface area contributed by atoms with E-state index in [9.17, 15) is 19.8 Å². The quantitative estimate of drug-likeness (QED) is 0.707. The highest BCUT2D eigenvalue weighted by atomic mass is 16.7. The fraction of sp³-hybridized carbons (Fsp3) is 0.760. The molecule has 6 heteroatoms. The maximum Gasteiger partial charge on any atom is 0.193 e. The summed E-state index contributed by atoms with van der Waals surface area (Å²) >= 11 is 0. The fourth-order valence-corrected chi connectivity index (χ4v) is 8.10. The molecule has 4 aliphatic carbocycles. The van der Waals surface area contributed by atoms with Gasteiger partial charge >= 0.3 is 0 Å². The van der Waals surface area contributed by atoms with Crippen LogP contribution in [0.2, 0.25) is 0 Å². The van der Waals surface area contributed by atoms with Crippen molar-refractivity contribution in [3.05, 3.63) is 23.5 Å². The molecule has 5 aliphatic rings. The van der Waals surface area contributed by atoms with Crippen molar-refractivity contribution >= 4 is 11.6 Å². The number of carbonyl (C=O) groups excluding carboxylic acids is 2. The molecule has 0 spiro atoms. The monoisotopic (exact) mass is 430 g/mol. The van der Waals surface area contributed by atoms with Gasteiger partial charge < -0.3 is 19.7 Å². The lowest BCUT2D eigenvalue weighted by Gasteiger charge is -2.58. The molecule has 0 aromatic heterocycles. The minimum Gasteiger partial charge on any atom is -0.508 e. The number of allylic oxidation sites excluding steroid dienone is 3. The van der Waals surface area contributed by atoms with E-state index in [1.807, 2.05) is 6.92 Å². The summed E-state index contributed by atoms with van der Waals surface area (Å²) < 4.78 is 12.7. The first-order chi connectivity index (χ1) is 14.7. The Morgan fingerprint density at radius 2 is 2.00 bits per heavy atom. The Balaban J connectivity index is 1.52. The highest BCUT2D eigenvalue weighted by Gasteiger charge is 2.74. The zero-order chi connectivity index (χ0) is 22.2. The molecule has 5 rings (SSSR count). The number of rotatable bonds is 4. The van der Waals surface area contributed by atoms with Crippen molar-refractivity contribution in [3.8, 4) is 0 Å². The van der Waals surface area contributed by atoms with Crippen molar-refractivity contribution in [2.75, 3.05) is 6.61 Å². The van der Waals surface area contributed by atoms with Gasteiger partial charge in [0.25, 0.3) is 0 Å². The number of hydrogen-bond acceptors (Lipinski definition) is 6. The van der Waals surface area contributed by atoms with Gasteiger partial charge in [0.15, 0.2) is 23.5 Å². The Labute approximate surface area is 183 Å². The Bertz CT molecular complexity index is 875. The smallest absolute Gasteiger partial charge is 0.193 e. The molecule has 2 unspecified atom stereocenters. The number of fused-ring (bicyclic) bond motifs is 7. The molecule has 0 bridgehead atoms. The van der Waals surface area contributed by atoms with Crippen molar-refractivity contribution < 1.29 is 29.3 Å². The van der Waals surface area contributed by atoms with E-state index in [0.717, 1.165) is 50.5 Å². The Morgan fingerprint density at radius 1 is 1.23 bits per heavy atom. The number of aliphatic hydroxyl groups is 2. The van der Waals surface area contributed by atoms with Crippen molar-refractivity contribution in [3.63, 3.8) is 0 Å². The zero-order valence-electron chi connectivity index (χ0n) is 18.7. The molecule has 0 amide bonds. The number of aliphatic hydroxyl groups excluding tert-OH is 2. The Hall–Kier alpha value is -1.50. The molecule has 4 fully saturated rings. The highest BCUT2D eigenvalue weighted by Crippen LogP contribution is 2.69. The minimum atomic E-state index is -1.09. The molecule has 2 N–H and O–H groups in total. The molecule has 31 heavy (non-hydrogen) atoms. The lowest BCUT2D eigenvalue weighted by molar-refractivity contribution is -0.187. The number of carbonyl (C=O) groups is 2. The lowest BCUT2D eigenvalue weighted by atomic mass is 9.46. The van der Waals surface area contributed by atoms with Gasteiger partial charge in [-0.3, -0.25) is 9.59 Å².